The van der Waals surface area contributed by atoms with Crippen LogP contribution >= 0.6 is 0 Å². The molecule has 23 heavy (non-hydrogen) atoms. The van der Waals surface area contributed by atoms with Gasteiger partial charge in [-0.1, -0.05) is 12.1 Å². The molecule has 2 atom stereocenters. The fraction of sp³-hybridized carbons (Fsp3) is 0.571. The fourth-order valence-electron chi connectivity index (χ4n) is 2.55. The maximum absolute atomic E-state index is 12.7. The zero-order valence-corrected chi connectivity index (χ0v) is 15.1. The van der Waals surface area contributed by atoms with E-state index in [1.165, 1.54) is 38.4 Å². The van der Waals surface area contributed by atoms with Crippen molar-refractivity contribution < 1.29 is 16.8 Å². The number of piperidine rings is 1. The van der Waals surface area contributed by atoms with Gasteiger partial charge >= 0.3 is 0 Å². The molecular weight excluding hydrogens is 338 g/mol. The first-order valence-corrected chi connectivity index (χ1v) is 10.4. The molecule has 1 aromatic carbocycles. The Morgan fingerprint density at radius 2 is 1.74 bits per heavy atom. The predicted octanol–water partition coefficient (Wildman–Crippen LogP) is 0.356. The van der Waals surface area contributed by atoms with Crippen LogP contribution in [0.1, 0.15) is 19.8 Å². The van der Waals surface area contributed by atoms with Gasteiger partial charge in [-0.25, -0.2) is 25.9 Å². The Morgan fingerprint density at radius 3 is 2.30 bits per heavy atom. The van der Waals surface area contributed by atoms with Crippen LogP contribution in [-0.4, -0.2) is 53.9 Å². The van der Waals surface area contributed by atoms with Gasteiger partial charge in [0.2, 0.25) is 20.0 Å². The highest BCUT2D eigenvalue weighted by atomic mass is 32.2. The van der Waals surface area contributed by atoms with E-state index in [2.05, 4.69) is 10.0 Å². The standard InChI is InChI=1S/C14H23N3O4S2/c1-11-12(7-6-10-15-11)16-22(18,19)13-8-4-5-9-14(13)23(20,21)17(2)3/h4-5,8-9,11-12,15-16H,6-7,10H2,1-3H3. The number of nitrogens with one attached hydrogen (secondary N) is 2. The molecule has 1 heterocycles. The molecular formula is C14H23N3O4S2. The van der Waals surface area contributed by atoms with Gasteiger partial charge in [0.1, 0.15) is 9.79 Å². The molecule has 0 amide bonds. The van der Waals surface area contributed by atoms with E-state index >= 15 is 0 Å². The van der Waals surface area contributed by atoms with Gasteiger partial charge in [0, 0.05) is 26.2 Å². The fourth-order valence-corrected chi connectivity index (χ4v) is 5.60. The smallest absolute Gasteiger partial charge is 0.243 e. The quantitative estimate of drug-likeness (QED) is 0.789. The van der Waals surface area contributed by atoms with Crippen molar-refractivity contribution in [1.82, 2.24) is 14.3 Å². The summed E-state index contributed by atoms with van der Waals surface area (Å²) in [7, 11) is -5.03. The van der Waals surface area contributed by atoms with Gasteiger partial charge in [-0.15, -0.1) is 0 Å². The van der Waals surface area contributed by atoms with Crippen LogP contribution in [0.15, 0.2) is 34.1 Å². The van der Waals surface area contributed by atoms with Crippen LogP contribution in [0.3, 0.4) is 0 Å². The van der Waals surface area contributed by atoms with Crippen molar-refractivity contribution in [3.8, 4) is 0 Å². The molecule has 2 unspecified atom stereocenters. The average Bonchev–Trinajstić information content (AvgIpc) is 2.49. The molecule has 0 saturated carbocycles. The summed E-state index contributed by atoms with van der Waals surface area (Å²) >= 11 is 0. The minimum Gasteiger partial charge on any atom is -0.313 e. The molecule has 0 aliphatic carbocycles. The van der Waals surface area contributed by atoms with Crippen LogP contribution in [0.25, 0.3) is 0 Å². The van der Waals surface area contributed by atoms with Crippen LogP contribution < -0.4 is 10.0 Å². The zero-order chi connectivity index (χ0) is 17.3. The van der Waals surface area contributed by atoms with Crippen LogP contribution in [0.2, 0.25) is 0 Å². The molecule has 1 saturated heterocycles. The van der Waals surface area contributed by atoms with Crippen molar-refractivity contribution in [3.63, 3.8) is 0 Å². The summed E-state index contributed by atoms with van der Waals surface area (Å²) in [4.78, 5) is -0.430. The van der Waals surface area contributed by atoms with Crippen LogP contribution in [-0.2, 0) is 20.0 Å². The Balaban J connectivity index is 2.41. The van der Waals surface area contributed by atoms with Gasteiger partial charge in [0.05, 0.1) is 0 Å². The molecule has 1 aliphatic heterocycles. The summed E-state index contributed by atoms with van der Waals surface area (Å²) in [5, 5.41) is 3.22. The summed E-state index contributed by atoms with van der Waals surface area (Å²) in [6, 6.07) is 5.40. The number of benzene rings is 1. The molecule has 0 aromatic heterocycles. The van der Waals surface area contributed by atoms with Gasteiger partial charge < -0.3 is 5.32 Å². The highest BCUT2D eigenvalue weighted by molar-refractivity contribution is 7.92. The molecule has 2 N–H and O–H groups in total. The van der Waals surface area contributed by atoms with E-state index in [0.29, 0.717) is 0 Å². The summed E-state index contributed by atoms with van der Waals surface area (Å²) in [6.07, 6.45) is 1.59. The van der Waals surface area contributed by atoms with Crippen LogP contribution in [0, 0.1) is 0 Å². The van der Waals surface area contributed by atoms with E-state index in [1.807, 2.05) is 6.92 Å². The molecule has 1 fully saturated rings. The maximum Gasteiger partial charge on any atom is 0.243 e. The van der Waals surface area contributed by atoms with Gasteiger partial charge in [0.25, 0.3) is 0 Å². The average molecular weight is 361 g/mol. The lowest BCUT2D eigenvalue weighted by Gasteiger charge is -2.30. The van der Waals surface area contributed by atoms with Crippen molar-refractivity contribution in [2.75, 3.05) is 20.6 Å². The number of rotatable bonds is 5. The van der Waals surface area contributed by atoms with Crippen LogP contribution in [0.4, 0.5) is 0 Å². The van der Waals surface area contributed by atoms with Gasteiger partial charge in [-0.3, -0.25) is 0 Å². The summed E-state index contributed by atoms with van der Waals surface area (Å²) < 4.78 is 53.8. The SMILES string of the molecule is CC1NCCCC1NS(=O)(=O)c1ccccc1S(=O)(=O)N(C)C. The van der Waals surface area contributed by atoms with Crippen molar-refractivity contribution in [3.05, 3.63) is 24.3 Å². The lowest BCUT2D eigenvalue weighted by Crippen LogP contribution is -2.51. The molecule has 130 valence electrons. The Kier molecular flexibility index (Phi) is 5.47. The third-order valence-electron chi connectivity index (χ3n) is 3.97. The molecule has 9 heteroatoms. The number of hydrogen-bond donors (Lipinski definition) is 2. The Hall–Kier alpha value is -1.00. The van der Waals surface area contributed by atoms with Gasteiger partial charge in [0.15, 0.2) is 0 Å². The Morgan fingerprint density at radius 1 is 1.13 bits per heavy atom. The molecule has 0 radical (unpaired) electrons. The van der Waals surface area contributed by atoms with E-state index in [4.69, 9.17) is 0 Å². The third-order valence-corrected chi connectivity index (χ3v) is 7.52. The summed E-state index contributed by atoms with van der Waals surface area (Å²) in [5.41, 5.74) is 0. The topological polar surface area (TPSA) is 95.6 Å². The summed E-state index contributed by atoms with van der Waals surface area (Å²) in [5.74, 6) is 0. The molecule has 1 aromatic rings. The Bertz CT molecular complexity index is 760. The highest BCUT2D eigenvalue weighted by Gasteiger charge is 2.31. The monoisotopic (exact) mass is 361 g/mol. The molecule has 0 spiro atoms. The van der Waals surface area contributed by atoms with Crippen molar-refractivity contribution in [2.45, 2.75) is 41.6 Å². The second-order valence-electron chi connectivity index (χ2n) is 5.85. The first kappa shape index (κ1) is 18.3. The van der Waals surface area contributed by atoms with Crippen molar-refractivity contribution in [2.24, 2.45) is 0 Å². The molecule has 2 rings (SSSR count). The first-order valence-electron chi connectivity index (χ1n) is 7.43. The minimum atomic E-state index is -3.94. The van der Waals surface area contributed by atoms with Crippen molar-refractivity contribution >= 4 is 20.0 Å². The molecule has 1 aliphatic rings. The lowest BCUT2D eigenvalue weighted by atomic mass is 10.0. The Labute approximate surface area is 138 Å². The second kappa shape index (κ2) is 6.86. The minimum absolute atomic E-state index is 0.00357. The first-order chi connectivity index (χ1) is 10.7. The third kappa shape index (κ3) is 3.92. The molecule has 7 nitrogen and oxygen atoms in total. The predicted molar refractivity (Wildman–Crippen MR) is 88.1 cm³/mol. The number of hydrogen-bond acceptors (Lipinski definition) is 5. The highest BCUT2D eigenvalue weighted by Crippen LogP contribution is 2.24. The van der Waals surface area contributed by atoms with Gasteiger partial charge in [-0.05, 0) is 38.4 Å². The maximum atomic E-state index is 12.7. The van der Waals surface area contributed by atoms with Gasteiger partial charge in [-0.2, -0.15) is 0 Å². The zero-order valence-electron chi connectivity index (χ0n) is 13.5. The van der Waals surface area contributed by atoms with Crippen LogP contribution in [0.5, 0.6) is 0 Å². The van der Waals surface area contributed by atoms with E-state index in [0.717, 1.165) is 23.7 Å². The lowest BCUT2D eigenvalue weighted by molar-refractivity contribution is 0.348. The van der Waals surface area contributed by atoms with E-state index in [1.54, 1.807) is 0 Å². The second-order valence-corrected chi connectivity index (χ2v) is 9.65. The largest absolute Gasteiger partial charge is 0.313 e. The van der Waals surface area contributed by atoms with E-state index in [-0.39, 0.29) is 21.9 Å². The number of sulfonamides is 2. The number of nitrogens with zero attached hydrogens (tertiary/aromatic N) is 1. The van der Waals surface area contributed by atoms with E-state index < -0.39 is 20.0 Å². The van der Waals surface area contributed by atoms with Crippen molar-refractivity contribution in [1.29, 1.82) is 0 Å². The summed E-state index contributed by atoms with van der Waals surface area (Å²) in [6.45, 7) is 2.76. The normalized spacial score (nSPS) is 23.1. The van der Waals surface area contributed by atoms with E-state index in [9.17, 15) is 16.8 Å². The molecule has 0 bridgehead atoms.